The van der Waals surface area contributed by atoms with Crippen LogP contribution in [0.25, 0.3) is 10.9 Å². The third-order valence-corrected chi connectivity index (χ3v) is 3.09. The summed E-state index contributed by atoms with van der Waals surface area (Å²) in [6.45, 7) is 3.63. The molecule has 0 aliphatic carbocycles. The quantitative estimate of drug-likeness (QED) is 0.776. The molecular weight excluding hydrogens is 233 g/mol. The van der Waals surface area contributed by atoms with E-state index in [-0.39, 0.29) is 11.9 Å². The van der Waals surface area contributed by atoms with Gasteiger partial charge in [-0.1, -0.05) is 0 Å². The smallest absolute Gasteiger partial charge is 0.123 e. The Morgan fingerprint density at radius 3 is 2.94 bits per heavy atom. The third kappa shape index (κ3) is 2.09. The lowest BCUT2D eigenvalue weighted by Crippen LogP contribution is -2.22. The van der Waals surface area contributed by atoms with Gasteiger partial charge in [0.1, 0.15) is 11.9 Å². The van der Waals surface area contributed by atoms with Crippen molar-refractivity contribution < 1.29 is 13.9 Å². The Morgan fingerprint density at radius 2 is 2.17 bits per heavy atom. The van der Waals surface area contributed by atoms with Gasteiger partial charge in [0.2, 0.25) is 0 Å². The predicted molar refractivity (Wildman–Crippen MR) is 66.0 cm³/mol. The van der Waals surface area contributed by atoms with Gasteiger partial charge in [-0.2, -0.15) is 0 Å². The van der Waals surface area contributed by atoms with Crippen molar-refractivity contribution in [2.24, 2.45) is 0 Å². The zero-order valence-corrected chi connectivity index (χ0v) is 10.1. The highest BCUT2D eigenvalue weighted by Crippen LogP contribution is 2.28. The molecule has 18 heavy (non-hydrogen) atoms. The number of hydrogen-bond acceptors (Lipinski definition) is 3. The molecule has 1 atom stereocenters. The number of benzene rings is 1. The lowest BCUT2D eigenvalue weighted by molar-refractivity contribution is -0.0896. The highest BCUT2D eigenvalue weighted by Gasteiger charge is 2.20. The van der Waals surface area contributed by atoms with Crippen LogP contribution >= 0.6 is 0 Å². The number of pyridine rings is 1. The first-order valence-corrected chi connectivity index (χ1v) is 6.00. The Kier molecular flexibility index (Phi) is 2.97. The molecule has 2 aromatic rings. The number of halogens is 1. The molecule has 0 bridgehead atoms. The fourth-order valence-electron chi connectivity index (χ4n) is 2.30. The van der Waals surface area contributed by atoms with Crippen LogP contribution in [-0.4, -0.2) is 24.8 Å². The molecule has 94 valence electrons. The van der Waals surface area contributed by atoms with Gasteiger partial charge in [0.25, 0.3) is 0 Å². The number of fused-ring (bicyclic) bond motifs is 1. The first-order chi connectivity index (χ1) is 8.74. The SMILES string of the molecule is Cc1cc(C2COCCO2)c2cc(F)ccc2n1. The molecule has 1 unspecified atom stereocenters. The lowest BCUT2D eigenvalue weighted by atomic mass is 10.0. The van der Waals surface area contributed by atoms with Crippen molar-refractivity contribution in [3.05, 3.63) is 41.3 Å². The maximum absolute atomic E-state index is 13.4. The van der Waals surface area contributed by atoms with Gasteiger partial charge in [-0.15, -0.1) is 0 Å². The summed E-state index contributed by atoms with van der Waals surface area (Å²) in [5, 5.41) is 0.802. The van der Waals surface area contributed by atoms with Crippen molar-refractivity contribution in [2.75, 3.05) is 19.8 Å². The minimum absolute atomic E-state index is 0.134. The lowest BCUT2D eigenvalue weighted by Gasteiger charge is -2.24. The van der Waals surface area contributed by atoms with Gasteiger partial charge in [0.05, 0.1) is 25.3 Å². The maximum atomic E-state index is 13.4. The minimum atomic E-state index is -0.258. The van der Waals surface area contributed by atoms with E-state index in [1.54, 1.807) is 6.07 Å². The van der Waals surface area contributed by atoms with E-state index < -0.39 is 0 Å². The van der Waals surface area contributed by atoms with Gasteiger partial charge in [0.15, 0.2) is 0 Å². The van der Waals surface area contributed by atoms with Crippen LogP contribution in [0.2, 0.25) is 0 Å². The van der Waals surface area contributed by atoms with Crippen LogP contribution < -0.4 is 0 Å². The monoisotopic (exact) mass is 247 g/mol. The van der Waals surface area contributed by atoms with Crippen molar-refractivity contribution in [1.29, 1.82) is 0 Å². The highest BCUT2D eigenvalue weighted by atomic mass is 19.1. The molecule has 3 rings (SSSR count). The van der Waals surface area contributed by atoms with Crippen LogP contribution in [0.3, 0.4) is 0 Å². The Balaban J connectivity index is 2.16. The summed E-state index contributed by atoms with van der Waals surface area (Å²) in [6.07, 6.45) is -0.134. The summed E-state index contributed by atoms with van der Waals surface area (Å²) in [5.74, 6) is -0.258. The topological polar surface area (TPSA) is 31.4 Å². The Hall–Kier alpha value is -1.52. The Labute approximate surface area is 105 Å². The molecule has 0 N–H and O–H groups in total. The van der Waals surface area contributed by atoms with E-state index in [9.17, 15) is 4.39 Å². The Bertz CT molecular complexity index is 579. The van der Waals surface area contributed by atoms with Crippen LogP contribution in [-0.2, 0) is 9.47 Å². The summed E-state index contributed by atoms with van der Waals surface area (Å²) in [6, 6.07) is 6.58. The summed E-state index contributed by atoms with van der Waals surface area (Å²) in [5.41, 5.74) is 2.65. The molecule has 1 aromatic heterocycles. The summed E-state index contributed by atoms with van der Waals surface area (Å²) in [4.78, 5) is 4.41. The molecule has 4 heteroatoms. The van der Waals surface area contributed by atoms with E-state index in [4.69, 9.17) is 9.47 Å². The third-order valence-electron chi connectivity index (χ3n) is 3.09. The largest absolute Gasteiger partial charge is 0.376 e. The molecule has 0 saturated carbocycles. The predicted octanol–water partition coefficient (Wildman–Crippen LogP) is 2.77. The standard InChI is InChI=1S/C14H14FNO2/c1-9-6-12(14-8-17-4-5-18-14)11-7-10(15)2-3-13(11)16-9/h2-3,6-7,14H,4-5,8H2,1H3. The van der Waals surface area contributed by atoms with Crippen molar-refractivity contribution in [3.63, 3.8) is 0 Å². The molecule has 1 aromatic carbocycles. The van der Waals surface area contributed by atoms with Crippen LogP contribution in [0.4, 0.5) is 4.39 Å². The van der Waals surface area contributed by atoms with Gasteiger partial charge in [-0.3, -0.25) is 4.98 Å². The molecule has 1 saturated heterocycles. The van der Waals surface area contributed by atoms with Gasteiger partial charge >= 0.3 is 0 Å². The second-order valence-electron chi connectivity index (χ2n) is 4.45. The number of hydrogen-bond donors (Lipinski definition) is 0. The first-order valence-electron chi connectivity index (χ1n) is 6.00. The first kappa shape index (κ1) is 11.6. The van der Waals surface area contributed by atoms with E-state index in [2.05, 4.69) is 4.98 Å². The number of nitrogens with zero attached hydrogens (tertiary/aromatic N) is 1. The fourth-order valence-corrected chi connectivity index (χ4v) is 2.30. The summed E-state index contributed by atoms with van der Waals surface area (Å²) >= 11 is 0. The van der Waals surface area contributed by atoms with Crippen LogP contribution in [0.5, 0.6) is 0 Å². The van der Waals surface area contributed by atoms with Crippen molar-refractivity contribution >= 4 is 10.9 Å². The average Bonchev–Trinajstić information content (AvgIpc) is 2.39. The van der Waals surface area contributed by atoms with Crippen LogP contribution in [0.1, 0.15) is 17.4 Å². The van der Waals surface area contributed by atoms with E-state index in [1.807, 2.05) is 13.0 Å². The fraction of sp³-hybridized carbons (Fsp3) is 0.357. The molecule has 3 nitrogen and oxygen atoms in total. The molecular formula is C14H14FNO2. The van der Waals surface area contributed by atoms with Gasteiger partial charge < -0.3 is 9.47 Å². The van der Waals surface area contributed by atoms with E-state index in [0.717, 1.165) is 22.2 Å². The summed E-state index contributed by atoms with van der Waals surface area (Å²) in [7, 11) is 0. The van der Waals surface area contributed by atoms with Gasteiger partial charge in [0, 0.05) is 11.1 Å². The number of aromatic nitrogens is 1. The number of rotatable bonds is 1. The molecule has 0 amide bonds. The van der Waals surface area contributed by atoms with E-state index >= 15 is 0 Å². The van der Waals surface area contributed by atoms with Crippen molar-refractivity contribution in [3.8, 4) is 0 Å². The molecule has 2 heterocycles. The van der Waals surface area contributed by atoms with Crippen molar-refractivity contribution in [2.45, 2.75) is 13.0 Å². The molecule has 1 aliphatic heterocycles. The minimum Gasteiger partial charge on any atom is -0.376 e. The van der Waals surface area contributed by atoms with Gasteiger partial charge in [-0.25, -0.2) is 4.39 Å². The molecule has 0 radical (unpaired) electrons. The zero-order chi connectivity index (χ0) is 12.5. The normalized spacial score (nSPS) is 20.2. The van der Waals surface area contributed by atoms with Crippen LogP contribution in [0.15, 0.2) is 24.3 Å². The summed E-state index contributed by atoms with van der Waals surface area (Å²) < 4.78 is 24.5. The highest BCUT2D eigenvalue weighted by molar-refractivity contribution is 5.82. The van der Waals surface area contributed by atoms with Crippen molar-refractivity contribution in [1.82, 2.24) is 4.98 Å². The van der Waals surface area contributed by atoms with Gasteiger partial charge in [-0.05, 0) is 36.8 Å². The van der Waals surface area contributed by atoms with E-state index in [0.29, 0.717) is 19.8 Å². The molecule has 0 spiro atoms. The number of ether oxygens (including phenoxy) is 2. The second-order valence-corrected chi connectivity index (χ2v) is 4.45. The maximum Gasteiger partial charge on any atom is 0.123 e. The molecule has 1 aliphatic rings. The second kappa shape index (κ2) is 4.63. The zero-order valence-electron chi connectivity index (χ0n) is 10.1. The van der Waals surface area contributed by atoms with Crippen LogP contribution in [0, 0.1) is 12.7 Å². The number of aryl methyl sites for hydroxylation is 1. The Morgan fingerprint density at radius 1 is 1.28 bits per heavy atom. The van der Waals surface area contributed by atoms with E-state index in [1.165, 1.54) is 12.1 Å². The average molecular weight is 247 g/mol. The molecule has 1 fully saturated rings.